The minimum Gasteiger partial charge on any atom is -0.493 e. The Labute approximate surface area is 176 Å². The summed E-state index contributed by atoms with van der Waals surface area (Å²) in [4.78, 5) is 4.11. The van der Waals surface area contributed by atoms with Gasteiger partial charge in [0.05, 0.1) is 7.11 Å². The molecule has 5 nitrogen and oxygen atoms in total. The monoisotopic (exact) mass is 403 g/mol. The lowest BCUT2D eigenvalue weighted by molar-refractivity contribution is -0.0737. The number of rotatable bonds is 5. The van der Waals surface area contributed by atoms with Crippen molar-refractivity contribution >= 4 is 0 Å². The van der Waals surface area contributed by atoms with Crippen LogP contribution in [0.25, 0.3) is 0 Å². The summed E-state index contributed by atoms with van der Waals surface area (Å²) in [6.07, 6.45) is 7.65. The zero-order chi connectivity index (χ0) is 20.6. The molecule has 0 saturated heterocycles. The fourth-order valence-electron chi connectivity index (χ4n) is 4.60. The van der Waals surface area contributed by atoms with E-state index in [4.69, 9.17) is 14.2 Å². The molecule has 3 aromatic rings. The van der Waals surface area contributed by atoms with Crippen LogP contribution in [0, 0.1) is 0 Å². The third-order valence-electron chi connectivity index (χ3n) is 6.14. The van der Waals surface area contributed by atoms with Gasteiger partial charge in [-0.2, -0.15) is 0 Å². The quantitative estimate of drug-likeness (QED) is 0.674. The fraction of sp³-hybridized carbons (Fsp3) is 0.320. The van der Waals surface area contributed by atoms with Crippen molar-refractivity contribution in [2.24, 2.45) is 0 Å². The van der Waals surface area contributed by atoms with Gasteiger partial charge in [-0.05, 0) is 48.2 Å². The highest BCUT2D eigenvalue weighted by Crippen LogP contribution is 2.55. The van der Waals surface area contributed by atoms with Gasteiger partial charge in [-0.15, -0.1) is 0 Å². The second kappa shape index (κ2) is 7.33. The Morgan fingerprint density at radius 2 is 1.67 bits per heavy atom. The van der Waals surface area contributed by atoms with Crippen LogP contribution in [0.4, 0.5) is 0 Å². The van der Waals surface area contributed by atoms with Crippen molar-refractivity contribution < 1.29 is 19.3 Å². The van der Waals surface area contributed by atoms with Crippen LogP contribution in [0.1, 0.15) is 42.4 Å². The minimum absolute atomic E-state index is 0.384. The van der Waals surface area contributed by atoms with Gasteiger partial charge in [-0.3, -0.25) is 4.98 Å². The van der Waals surface area contributed by atoms with E-state index in [1.165, 1.54) is 0 Å². The Bertz CT molecular complexity index is 1030. The number of pyridine rings is 1. The van der Waals surface area contributed by atoms with Crippen LogP contribution >= 0.6 is 0 Å². The molecule has 154 valence electrons. The van der Waals surface area contributed by atoms with E-state index < -0.39 is 11.4 Å². The van der Waals surface area contributed by atoms with Crippen molar-refractivity contribution in [3.05, 3.63) is 83.7 Å². The van der Waals surface area contributed by atoms with E-state index in [2.05, 4.69) is 4.98 Å². The molecule has 2 heterocycles. The molecule has 1 aliphatic heterocycles. The standard InChI is InChI=1S/C25H25NO4/c1-28-21-10-9-20(22-23(21)30-24(29-22)13-5-6-14-24)25(27,19-7-3-2-4-8-19)17-18-11-15-26-16-12-18/h2-4,7-12,15-16,27H,5-6,13-14,17H2,1H3. The average molecular weight is 403 g/mol. The Morgan fingerprint density at radius 3 is 2.37 bits per heavy atom. The molecule has 0 bridgehead atoms. The first-order chi connectivity index (χ1) is 14.6. The third-order valence-corrected chi connectivity index (χ3v) is 6.14. The maximum absolute atomic E-state index is 12.2. The first-order valence-corrected chi connectivity index (χ1v) is 10.4. The normalized spacial score (nSPS) is 18.3. The van der Waals surface area contributed by atoms with Gasteiger partial charge in [0, 0.05) is 37.2 Å². The summed E-state index contributed by atoms with van der Waals surface area (Å²) < 4.78 is 18.3. The topological polar surface area (TPSA) is 60.8 Å². The number of methoxy groups -OCH3 is 1. The summed E-state index contributed by atoms with van der Waals surface area (Å²) in [5.74, 6) is 1.13. The Balaban J connectivity index is 1.67. The molecule has 5 heteroatoms. The lowest BCUT2D eigenvalue weighted by Crippen LogP contribution is -2.35. The number of nitrogens with zero attached hydrogens (tertiary/aromatic N) is 1. The van der Waals surface area contributed by atoms with Crippen LogP contribution in [-0.2, 0) is 12.0 Å². The van der Waals surface area contributed by atoms with Crippen LogP contribution in [0.2, 0.25) is 0 Å². The van der Waals surface area contributed by atoms with Gasteiger partial charge < -0.3 is 19.3 Å². The first kappa shape index (κ1) is 18.9. The summed E-state index contributed by atoms with van der Waals surface area (Å²) in [5.41, 5.74) is 1.16. The van der Waals surface area contributed by atoms with Crippen LogP contribution in [0.15, 0.2) is 67.0 Å². The Morgan fingerprint density at radius 1 is 0.967 bits per heavy atom. The molecule has 2 aliphatic rings. The molecule has 30 heavy (non-hydrogen) atoms. The summed E-state index contributed by atoms with van der Waals surface area (Å²) in [5, 5.41) is 12.2. The van der Waals surface area contributed by atoms with Gasteiger partial charge in [-0.25, -0.2) is 0 Å². The molecule has 1 atom stereocenters. The number of fused-ring (bicyclic) bond motifs is 1. The highest BCUT2D eigenvalue weighted by atomic mass is 16.7. The smallest absolute Gasteiger partial charge is 0.251 e. The lowest BCUT2D eigenvalue weighted by Gasteiger charge is -2.31. The van der Waals surface area contributed by atoms with E-state index >= 15 is 0 Å². The SMILES string of the molecule is COc1ccc(C(O)(Cc2ccncc2)c2ccccc2)c2c1OC1(CCCC1)O2. The largest absolute Gasteiger partial charge is 0.493 e. The molecule has 0 amide bonds. The molecule has 1 aliphatic carbocycles. The van der Waals surface area contributed by atoms with Gasteiger partial charge in [0.2, 0.25) is 5.75 Å². The molecule has 0 radical (unpaired) electrons. The molecule has 1 unspecified atom stereocenters. The number of hydrogen-bond donors (Lipinski definition) is 1. The van der Waals surface area contributed by atoms with Crippen LogP contribution < -0.4 is 14.2 Å². The van der Waals surface area contributed by atoms with Gasteiger partial charge in [0.1, 0.15) is 5.60 Å². The second-order valence-electron chi connectivity index (χ2n) is 8.05. The molecule has 1 spiro atoms. The number of hydrogen-bond acceptors (Lipinski definition) is 5. The number of ether oxygens (including phenoxy) is 3. The van der Waals surface area contributed by atoms with Crippen molar-refractivity contribution in [3.8, 4) is 17.2 Å². The van der Waals surface area contributed by atoms with E-state index in [9.17, 15) is 5.11 Å². The third kappa shape index (κ3) is 3.10. The number of benzene rings is 2. The van der Waals surface area contributed by atoms with Crippen molar-refractivity contribution in [2.45, 2.75) is 43.5 Å². The van der Waals surface area contributed by atoms with Crippen LogP contribution in [0.3, 0.4) is 0 Å². The molecule has 1 N–H and O–H groups in total. The highest BCUT2D eigenvalue weighted by molar-refractivity contribution is 5.61. The fourth-order valence-corrected chi connectivity index (χ4v) is 4.60. The lowest BCUT2D eigenvalue weighted by atomic mass is 9.81. The molecule has 2 aromatic carbocycles. The van der Waals surface area contributed by atoms with Gasteiger partial charge in [-0.1, -0.05) is 30.3 Å². The number of aromatic nitrogens is 1. The van der Waals surface area contributed by atoms with E-state index in [0.717, 1.165) is 36.8 Å². The van der Waals surface area contributed by atoms with Crippen molar-refractivity contribution in [2.75, 3.05) is 7.11 Å². The summed E-state index contributed by atoms with van der Waals surface area (Å²) in [7, 11) is 1.62. The van der Waals surface area contributed by atoms with Crippen molar-refractivity contribution in [3.63, 3.8) is 0 Å². The first-order valence-electron chi connectivity index (χ1n) is 10.4. The van der Waals surface area contributed by atoms with Gasteiger partial charge in [0.15, 0.2) is 11.5 Å². The van der Waals surface area contributed by atoms with Crippen molar-refractivity contribution in [1.29, 1.82) is 0 Å². The molecule has 1 aromatic heterocycles. The van der Waals surface area contributed by atoms with E-state index in [-0.39, 0.29) is 0 Å². The highest BCUT2D eigenvalue weighted by Gasteiger charge is 2.49. The maximum atomic E-state index is 12.2. The van der Waals surface area contributed by atoms with Gasteiger partial charge >= 0.3 is 0 Å². The zero-order valence-electron chi connectivity index (χ0n) is 17.0. The Hall–Kier alpha value is -3.05. The average Bonchev–Trinajstić information content (AvgIpc) is 3.40. The zero-order valence-corrected chi connectivity index (χ0v) is 17.0. The minimum atomic E-state index is -1.30. The van der Waals surface area contributed by atoms with Crippen LogP contribution in [-0.4, -0.2) is 23.0 Å². The molecule has 1 fully saturated rings. The summed E-state index contributed by atoms with van der Waals surface area (Å²) >= 11 is 0. The maximum Gasteiger partial charge on any atom is 0.251 e. The summed E-state index contributed by atoms with van der Waals surface area (Å²) in [6, 6.07) is 17.3. The molecular formula is C25H25NO4. The predicted molar refractivity (Wildman–Crippen MR) is 113 cm³/mol. The molecule has 5 rings (SSSR count). The molecule has 1 saturated carbocycles. The van der Waals surface area contributed by atoms with E-state index in [0.29, 0.717) is 29.2 Å². The van der Waals surface area contributed by atoms with Crippen LogP contribution in [0.5, 0.6) is 17.2 Å². The Kier molecular flexibility index (Phi) is 4.63. The predicted octanol–water partition coefficient (Wildman–Crippen LogP) is 4.61. The summed E-state index contributed by atoms with van der Waals surface area (Å²) in [6.45, 7) is 0. The number of aliphatic hydroxyl groups is 1. The van der Waals surface area contributed by atoms with Crippen molar-refractivity contribution in [1.82, 2.24) is 4.98 Å². The van der Waals surface area contributed by atoms with E-state index in [1.54, 1.807) is 19.5 Å². The van der Waals surface area contributed by atoms with E-state index in [1.807, 2.05) is 54.6 Å². The second-order valence-corrected chi connectivity index (χ2v) is 8.05. The molecular weight excluding hydrogens is 378 g/mol. The van der Waals surface area contributed by atoms with Gasteiger partial charge in [0.25, 0.3) is 5.79 Å².